The van der Waals surface area contributed by atoms with Crippen molar-refractivity contribution in [2.24, 2.45) is 0 Å². The largest absolute Gasteiger partial charge is 0.379 e. The summed E-state index contributed by atoms with van der Waals surface area (Å²) in [4.78, 5) is 4.66. The van der Waals surface area contributed by atoms with E-state index in [1.165, 1.54) is 5.56 Å². The average molecular weight is 290 g/mol. The normalized spacial score (nSPS) is 11.6. The third-order valence-corrected chi connectivity index (χ3v) is 4.29. The molecule has 0 saturated carbocycles. The molecule has 1 N–H and O–H groups in total. The van der Waals surface area contributed by atoms with E-state index in [9.17, 15) is 0 Å². The second kappa shape index (κ2) is 6.37. The van der Waals surface area contributed by atoms with Crippen molar-refractivity contribution < 1.29 is 4.74 Å². The van der Waals surface area contributed by atoms with Crippen LogP contribution in [0.2, 0.25) is 0 Å². The smallest absolute Gasteiger partial charge is 0.124 e. The first kappa shape index (κ1) is 15.0. The third kappa shape index (κ3) is 3.81. The number of aromatic nitrogens is 1. The van der Waals surface area contributed by atoms with E-state index in [-0.39, 0.29) is 5.60 Å². The lowest BCUT2D eigenvalue weighted by Crippen LogP contribution is -2.21. The van der Waals surface area contributed by atoms with Crippen LogP contribution in [0.25, 0.3) is 0 Å². The molecule has 2 rings (SSSR count). The van der Waals surface area contributed by atoms with Gasteiger partial charge in [-0.3, -0.25) is 0 Å². The predicted molar refractivity (Wildman–Crippen MR) is 85.3 cm³/mol. The number of nitrogens with zero attached hydrogens (tertiary/aromatic N) is 1. The summed E-state index contributed by atoms with van der Waals surface area (Å²) in [6, 6.07) is 8.39. The Kier molecular flexibility index (Phi) is 4.78. The number of ether oxygens (including phenoxy) is 1. The zero-order valence-electron chi connectivity index (χ0n) is 12.6. The van der Waals surface area contributed by atoms with E-state index in [4.69, 9.17) is 4.74 Å². The van der Waals surface area contributed by atoms with E-state index in [0.717, 1.165) is 22.9 Å². The fourth-order valence-corrected chi connectivity index (χ4v) is 2.85. The molecule has 0 aliphatic rings. The fourth-order valence-electron chi connectivity index (χ4n) is 1.95. The molecule has 0 fully saturated rings. The Morgan fingerprint density at radius 3 is 2.60 bits per heavy atom. The SMILES string of the molecule is CCOC(C)(C)c1nc(CNc2ccc(C)cc2)cs1. The van der Waals surface area contributed by atoms with Crippen molar-refractivity contribution in [1.82, 2.24) is 4.98 Å². The number of nitrogens with one attached hydrogen (secondary N) is 1. The minimum atomic E-state index is -0.304. The highest BCUT2D eigenvalue weighted by molar-refractivity contribution is 7.09. The van der Waals surface area contributed by atoms with Crippen molar-refractivity contribution >= 4 is 17.0 Å². The van der Waals surface area contributed by atoms with Gasteiger partial charge in [-0.2, -0.15) is 0 Å². The Morgan fingerprint density at radius 1 is 1.25 bits per heavy atom. The number of rotatable bonds is 6. The average Bonchev–Trinajstić information content (AvgIpc) is 2.88. The molecule has 1 aromatic carbocycles. The molecule has 1 aromatic heterocycles. The first-order valence-electron chi connectivity index (χ1n) is 6.90. The number of aryl methyl sites for hydroxylation is 1. The van der Waals surface area contributed by atoms with Gasteiger partial charge < -0.3 is 10.1 Å². The lowest BCUT2D eigenvalue weighted by atomic mass is 10.1. The number of hydrogen-bond acceptors (Lipinski definition) is 4. The molecule has 2 aromatic rings. The second-order valence-electron chi connectivity index (χ2n) is 5.31. The zero-order chi connectivity index (χ0) is 14.6. The molecule has 3 nitrogen and oxygen atoms in total. The molecule has 0 unspecified atom stereocenters. The summed E-state index contributed by atoms with van der Waals surface area (Å²) < 4.78 is 5.73. The Labute approximate surface area is 125 Å². The van der Waals surface area contributed by atoms with Crippen LogP contribution >= 0.6 is 11.3 Å². The fraction of sp³-hybridized carbons (Fsp3) is 0.438. The van der Waals surface area contributed by atoms with Crippen LogP contribution in [0.1, 0.15) is 37.0 Å². The van der Waals surface area contributed by atoms with Gasteiger partial charge in [-0.05, 0) is 39.8 Å². The van der Waals surface area contributed by atoms with Gasteiger partial charge in [0.2, 0.25) is 0 Å². The molecule has 0 aliphatic carbocycles. The molecule has 1 heterocycles. The molecule has 0 amide bonds. The lowest BCUT2D eigenvalue weighted by Gasteiger charge is -2.21. The van der Waals surface area contributed by atoms with Crippen molar-refractivity contribution in [2.75, 3.05) is 11.9 Å². The standard InChI is InChI=1S/C16H22N2OS/c1-5-19-16(3,4)15-18-14(11-20-15)10-17-13-8-6-12(2)7-9-13/h6-9,11,17H,5,10H2,1-4H3. The highest BCUT2D eigenvalue weighted by atomic mass is 32.1. The quantitative estimate of drug-likeness (QED) is 0.859. The summed E-state index contributed by atoms with van der Waals surface area (Å²) in [6.07, 6.45) is 0. The third-order valence-electron chi connectivity index (χ3n) is 3.10. The topological polar surface area (TPSA) is 34.1 Å². The molecule has 0 aliphatic heterocycles. The molecule has 0 atom stereocenters. The zero-order valence-corrected chi connectivity index (χ0v) is 13.4. The van der Waals surface area contributed by atoms with Crippen LogP contribution in [0.3, 0.4) is 0 Å². The van der Waals surface area contributed by atoms with Gasteiger partial charge in [0.25, 0.3) is 0 Å². The van der Waals surface area contributed by atoms with Gasteiger partial charge in [-0.1, -0.05) is 17.7 Å². The Bertz CT molecular complexity index is 546. The van der Waals surface area contributed by atoms with Gasteiger partial charge >= 0.3 is 0 Å². The van der Waals surface area contributed by atoms with Crippen LogP contribution in [0.4, 0.5) is 5.69 Å². The molecule has 0 spiro atoms. The molecule has 0 radical (unpaired) electrons. The number of benzene rings is 1. The molecular formula is C16H22N2OS. The Balaban J connectivity index is 1.97. The highest BCUT2D eigenvalue weighted by Crippen LogP contribution is 2.27. The van der Waals surface area contributed by atoms with E-state index in [0.29, 0.717) is 6.61 Å². The van der Waals surface area contributed by atoms with Gasteiger partial charge in [-0.25, -0.2) is 4.98 Å². The number of hydrogen-bond donors (Lipinski definition) is 1. The molecule has 0 bridgehead atoms. The molecule has 108 valence electrons. The molecule has 4 heteroatoms. The summed E-state index contributed by atoms with van der Waals surface area (Å²) in [5.41, 5.74) is 3.14. The van der Waals surface area contributed by atoms with Gasteiger partial charge in [0, 0.05) is 17.7 Å². The van der Waals surface area contributed by atoms with E-state index in [1.807, 2.05) is 6.92 Å². The summed E-state index contributed by atoms with van der Waals surface area (Å²) in [6.45, 7) is 9.66. The monoisotopic (exact) mass is 290 g/mol. The van der Waals surface area contributed by atoms with Crippen LogP contribution in [0.15, 0.2) is 29.6 Å². The predicted octanol–water partition coefficient (Wildman–Crippen LogP) is 4.34. The van der Waals surface area contributed by atoms with Crippen LogP contribution in [-0.2, 0) is 16.9 Å². The summed E-state index contributed by atoms with van der Waals surface area (Å²) >= 11 is 1.66. The Morgan fingerprint density at radius 2 is 1.95 bits per heavy atom. The molecule has 20 heavy (non-hydrogen) atoms. The van der Waals surface area contributed by atoms with Gasteiger partial charge in [-0.15, -0.1) is 11.3 Å². The maximum atomic E-state index is 5.73. The first-order valence-corrected chi connectivity index (χ1v) is 7.78. The molecular weight excluding hydrogens is 268 g/mol. The van der Waals surface area contributed by atoms with E-state index < -0.39 is 0 Å². The van der Waals surface area contributed by atoms with Crippen molar-refractivity contribution in [3.05, 3.63) is 45.9 Å². The maximum Gasteiger partial charge on any atom is 0.124 e. The van der Waals surface area contributed by atoms with Gasteiger partial charge in [0.05, 0.1) is 12.2 Å². The van der Waals surface area contributed by atoms with Gasteiger partial charge in [0.15, 0.2) is 0 Å². The minimum Gasteiger partial charge on any atom is -0.379 e. The minimum absolute atomic E-state index is 0.304. The van der Waals surface area contributed by atoms with E-state index >= 15 is 0 Å². The van der Waals surface area contributed by atoms with Crippen molar-refractivity contribution in [3.8, 4) is 0 Å². The summed E-state index contributed by atoms with van der Waals surface area (Å²) in [5, 5.41) is 6.51. The van der Waals surface area contributed by atoms with Crippen LogP contribution < -0.4 is 5.32 Å². The van der Waals surface area contributed by atoms with Crippen molar-refractivity contribution in [1.29, 1.82) is 0 Å². The van der Waals surface area contributed by atoms with Gasteiger partial charge in [0.1, 0.15) is 10.6 Å². The van der Waals surface area contributed by atoms with Crippen LogP contribution in [0, 0.1) is 6.92 Å². The number of anilines is 1. The van der Waals surface area contributed by atoms with Crippen LogP contribution in [0.5, 0.6) is 0 Å². The van der Waals surface area contributed by atoms with Crippen LogP contribution in [-0.4, -0.2) is 11.6 Å². The first-order chi connectivity index (χ1) is 9.51. The van der Waals surface area contributed by atoms with E-state index in [1.54, 1.807) is 11.3 Å². The molecule has 0 saturated heterocycles. The lowest BCUT2D eigenvalue weighted by molar-refractivity contribution is -0.0142. The number of thiazole rings is 1. The summed E-state index contributed by atoms with van der Waals surface area (Å²) in [7, 11) is 0. The highest BCUT2D eigenvalue weighted by Gasteiger charge is 2.24. The van der Waals surface area contributed by atoms with Crippen molar-refractivity contribution in [2.45, 2.75) is 39.8 Å². The van der Waals surface area contributed by atoms with Crippen molar-refractivity contribution in [3.63, 3.8) is 0 Å². The van der Waals surface area contributed by atoms with E-state index in [2.05, 4.69) is 60.7 Å². The second-order valence-corrected chi connectivity index (χ2v) is 6.17. The maximum absolute atomic E-state index is 5.73. The Hall–Kier alpha value is -1.39. The summed E-state index contributed by atoms with van der Waals surface area (Å²) in [5.74, 6) is 0.